The van der Waals surface area contributed by atoms with Gasteiger partial charge in [-0.15, -0.1) is 0 Å². The summed E-state index contributed by atoms with van der Waals surface area (Å²) in [5.41, 5.74) is 0.800. The minimum atomic E-state index is -0.961. The van der Waals surface area contributed by atoms with Crippen LogP contribution in [-0.2, 0) is 0 Å². The van der Waals surface area contributed by atoms with Crippen molar-refractivity contribution >= 4 is 6.08 Å². The van der Waals surface area contributed by atoms with Crippen LogP contribution >= 0.6 is 0 Å². The zero-order chi connectivity index (χ0) is 15.1. The third-order valence-electron chi connectivity index (χ3n) is 3.25. The first kappa shape index (κ1) is 13.0. The highest BCUT2D eigenvalue weighted by Crippen LogP contribution is 2.46. The largest absolute Gasteiger partial charge is 0.508 e. The second-order valence-corrected chi connectivity index (χ2v) is 4.67. The van der Waals surface area contributed by atoms with Crippen LogP contribution in [0.15, 0.2) is 36.1 Å². The number of hydrogen-bond acceptors (Lipinski definition) is 6. The Morgan fingerprint density at radius 2 is 1.52 bits per heavy atom. The van der Waals surface area contributed by atoms with E-state index < -0.39 is 11.9 Å². The summed E-state index contributed by atoms with van der Waals surface area (Å²) in [4.78, 5) is 0. The summed E-state index contributed by atoms with van der Waals surface area (Å²) in [5.74, 6) is -1.50. The number of rotatable bonds is 1. The minimum absolute atomic E-state index is 0.0327. The molecule has 0 bridgehead atoms. The lowest BCUT2D eigenvalue weighted by molar-refractivity contribution is 0.168. The fourth-order valence-corrected chi connectivity index (χ4v) is 2.17. The van der Waals surface area contributed by atoms with Crippen molar-refractivity contribution in [1.82, 2.24) is 0 Å². The highest BCUT2D eigenvalue weighted by molar-refractivity contribution is 5.69. The van der Waals surface area contributed by atoms with E-state index in [9.17, 15) is 25.5 Å². The Morgan fingerprint density at radius 1 is 0.810 bits per heavy atom. The summed E-state index contributed by atoms with van der Waals surface area (Å²) in [6.45, 7) is 0. The van der Waals surface area contributed by atoms with Gasteiger partial charge >= 0.3 is 0 Å². The van der Waals surface area contributed by atoms with E-state index >= 15 is 0 Å². The van der Waals surface area contributed by atoms with Crippen LogP contribution in [0.25, 0.3) is 6.08 Å². The fraction of sp³-hybridized carbons (Fsp3) is 0.0667. The maximum Gasteiger partial charge on any atom is 0.201 e. The number of aliphatic hydroxyl groups excluding tert-OH is 1. The van der Waals surface area contributed by atoms with Gasteiger partial charge in [0.05, 0.1) is 0 Å². The number of fused-ring (bicyclic) bond motifs is 1. The topological polar surface area (TPSA) is 110 Å². The van der Waals surface area contributed by atoms with Gasteiger partial charge in [0.2, 0.25) is 5.75 Å². The molecule has 1 atom stereocenters. The van der Waals surface area contributed by atoms with Crippen molar-refractivity contribution in [1.29, 1.82) is 0 Å². The maximum atomic E-state index is 10.0. The molecule has 6 nitrogen and oxygen atoms in total. The molecule has 5 N–H and O–H groups in total. The molecule has 1 aliphatic rings. The molecule has 1 heterocycles. The molecule has 2 aromatic rings. The minimum Gasteiger partial charge on any atom is -0.508 e. The molecular formula is C15H12O6. The monoisotopic (exact) mass is 288 g/mol. The first-order valence-electron chi connectivity index (χ1n) is 6.11. The van der Waals surface area contributed by atoms with Gasteiger partial charge in [-0.1, -0.05) is 6.07 Å². The molecule has 0 saturated heterocycles. The molecule has 0 aromatic heterocycles. The highest BCUT2D eigenvalue weighted by Gasteiger charge is 2.28. The van der Waals surface area contributed by atoms with Gasteiger partial charge in [0.15, 0.2) is 29.1 Å². The first-order valence-corrected chi connectivity index (χ1v) is 6.11. The van der Waals surface area contributed by atoms with Crippen LogP contribution in [0.5, 0.6) is 28.7 Å². The van der Waals surface area contributed by atoms with Gasteiger partial charge in [-0.3, -0.25) is 0 Å². The summed E-state index contributed by atoms with van der Waals surface area (Å²) in [6.07, 6.45) is 0.434. The molecule has 0 spiro atoms. The third-order valence-corrected chi connectivity index (χ3v) is 3.25. The van der Waals surface area contributed by atoms with E-state index in [1.165, 1.54) is 36.4 Å². The van der Waals surface area contributed by atoms with Crippen molar-refractivity contribution < 1.29 is 30.3 Å². The Hall–Kier alpha value is -3.02. The fourth-order valence-electron chi connectivity index (χ4n) is 2.17. The van der Waals surface area contributed by atoms with Crippen LogP contribution in [0.1, 0.15) is 17.2 Å². The SMILES string of the molecule is OC1=Cc2ccc(O)c(O)c2OC1c1ccc(O)c(O)c1. The normalized spacial score (nSPS) is 16.8. The van der Waals surface area contributed by atoms with Crippen LogP contribution in [0.3, 0.4) is 0 Å². The summed E-state index contributed by atoms with van der Waals surface area (Å²) in [5, 5.41) is 48.2. The van der Waals surface area contributed by atoms with Crippen molar-refractivity contribution in [2.75, 3.05) is 0 Å². The Morgan fingerprint density at radius 3 is 2.24 bits per heavy atom. The van der Waals surface area contributed by atoms with Gasteiger partial charge in [0, 0.05) is 11.1 Å². The molecule has 0 radical (unpaired) electrons. The van der Waals surface area contributed by atoms with E-state index in [0.29, 0.717) is 11.1 Å². The van der Waals surface area contributed by atoms with Crippen molar-refractivity contribution in [3.8, 4) is 28.7 Å². The number of ether oxygens (including phenoxy) is 1. The lowest BCUT2D eigenvalue weighted by Gasteiger charge is -2.25. The summed E-state index contributed by atoms with van der Waals surface area (Å²) < 4.78 is 5.52. The molecule has 0 fully saturated rings. The van der Waals surface area contributed by atoms with E-state index in [0.717, 1.165) is 0 Å². The summed E-state index contributed by atoms with van der Waals surface area (Å²) in [6, 6.07) is 6.75. The van der Waals surface area contributed by atoms with E-state index in [4.69, 9.17) is 4.74 Å². The van der Waals surface area contributed by atoms with Gasteiger partial charge in [-0.25, -0.2) is 0 Å². The molecule has 108 valence electrons. The number of aliphatic hydroxyl groups is 1. The molecule has 0 amide bonds. The van der Waals surface area contributed by atoms with Crippen LogP contribution in [0, 0.1) is 0 Å². The van der Waals surface area contributed by atoms with E-state index in [2.05, 4.69) is 0 Å². The molecule has 21 heavy (non-hydrogen) atoms. The van der Waals surface area contributed by atoms with Gasteiger partial charge in [-0.2, -0.15) is 0 Å². The van der Waals surface area contributed by atoms with Crippen LogP contribution in [0.2, 0.25) is 0 Å². The van der Waals surface area contributed by atoms with E-state index in [1.54, 1.807) is 0 Å². The average molecular weight is 288 g/mol. The van der Waals surface area contributed by atoms with Crippen molar-refractivity contribution in [2.45, 2.75) is 6.10 Å². The Bertz CT molecular complexity index is 750. The molecular weight excluding hydrogens is 276 g/mol. The summed E-state index contributed by atoms with van der Waals surface area (Å²) >= 11 is 0. The van der Waals surface area contributed by atoms with Gasteiger partial charge in [0.1, 0.15) is 5.76 Å². The number of hydrogen-bond donors (Lipinski definition) is 5. The average Bonchev–Trinajstić information content (AvgIpc) is 2.46. The second kappa shape index (κ2) is 4.52. The number of aromatic hydroxyl groups is 4. The standard InChI is InChI=1S/C15H12O6/c16-9-3-1-7(5-11(9)18)14-12(19)6-8-2-4-10(17)13(20)15(8)21-14/h1-6,14,16-20H. The molecule has 6 heteroatoms. The quantitative estimate of drug-likeness (QED) is 0.516. The van der Waals surface area contributed by atoms with Gasteiger partial charge in [-0.05, 0) is 30.3 Å². The molecule has 0 saturated carbocycles. The second-order valence-electron chi connectivity index (χ2n) is 4.67. The van der Waals surface area contributed by atoms with Gasteiger partial charge in [0.25, 0.3) is 0 Å². The third kappa shape index (κ3) is 2.06. The molecule has 1 unspecified atom stereocenters. The van der Waals surface area contributed by atoms with Crippen LogP contribution < -0.4 is 4.74 Å². The Kier molecular flexibility index (Phi) is 2.79. The van der Waals surface area contributed by atoms with Crippen molar-refractivity contribution in [3.63, 3.8) is 0 Å². The van der Waals surface area contributed by atoms with Crippen molar-refractivity contribution in [2.24, 2.45) is 0 Å². The summed E-state index contributed by atoms with van der Waals surface area (Å²) in [7, 11) is 0. The lowest BCUT2D eigenvalue weighted by atomic mass is 10.0. The smallest absolute Gasteiger partial charge is 0.201 e. The number of phenols is 4. The number of phenolic OH excluding ortho intramolecular Hbond substituents is 4. The predicted molar refractivity (Wildman–Crippen MR) is 73.5 cm³/mol. The zero-order valence-corrected chi connectivity index (χ0v) is 10.7. The predicted octanol–water partition coefficient (Wildman–Crippen LogP) is 2.54. The molecule has 2 aromatic carbocycles. The Balaban J connectivity index is 2.07. The van der Waals surface area contributed by atoms with Crippen LogP contribution in [-0.4, -0.2) is 25.5 Å². The molecule has 3 rings (SSSR count). The van der Waals surface area contributed by atoms with Gasteiger partial charge < -0.3 is 30.3 Å². The molecule has 0 aliphatic carbocycles. The van der Waals surface area contributed by atoms with Crippen molar-refractivity contribution in [3.05, 3.63) is 47.2 Å². The lowest BCUT2D eigenvalue weighted by Crippen LogP contribution is -2.14. The highest BCUT2D eigenvalue weighted by atomic mass is 16.5. The Labute approximate surface area is 119 Å². The first-order chi connectivity index (χ1) is 9.97. The zero-order valence-electron chi connectivity index (χ0n) is 10.7. The van der Waals surface area contributed by atoms with E-state index in [-0.39, 0.29) is 28.8 Å². The van der Waals surface area contributed by atoms with Crippen LogP contribution in [0.4, 0.5) is 0 Å². The maximum absolute atomic E-state index is 10.0. The number of benzene rings is 2. The van der Waals surface area contributed by atoms with E-state index in [1.807, 2.05) is 0 Å². The molecule has 1 aliphatic heterocycles.